The van der Waals surface area contributed by atoms with Crippen LogP contribution in [0.3, 0.4) is 0 Å². The number of carboxylic acids is 1. The van der Waals surface area contributed by atoms with Gasteiger partial charge in [0.2, 0.25) is 5.91 Å². The molecule has 9 nitrogen and oxygen atoms in total. The topological polar surface area (TPSA) is 99.6 Å². The highest BCUT2D eigenvalue weighted by molar-refractivity contribution is 5.81. The predicted octanol–water partition coefficient (Wildman–Crippen LogP) is 7.61. The first-order valence-corrected chi connectivity index (χ1v) is 23.2. The molecule has 8 rings (SSSR count). The number of nitrogens with zero attached hydrogens (tertiary/aromatic N) is 3. The van der Waals surface area contributed by atoms with E-state index >= 15 is 4.79 Å². The molecule has 8 fully saturated rings. The fraction of sp³-hybridized carbons (Fsp3) is 0.936. The number of carboxylic acid groups (broad SMARTS) is 1. The van der Waals surface area contributed by atoms with Gasteiger partial charge in [0.05, 0.1) is 25.0 Å². The van der Waals surface area contributed by atoms with E-state index in [0.717, 1.165) is 103 Å². The first kappa shape index (κ1) is 41.0. The molecule has 1 unspecified atom stereocenters. The van der Waals surface area contributed by atoms with Crippen LogP contribution < -0.4 is 0 Å². The zero-order valence-corrected chi connectivity index (χ0v) is 36.3. The third-order valence-electron chi connectivity index (χ3n) is 19.0. The molecule has 2 aliphatic heterocycles. The zero-order valence-electron chi connectivity index (χ0n) is 36.3. The number of fused-ring (bicyclic) bond motifs is 7. The van der Waals surface area contributed by atoms with Crippen LogP contribution in [0.25, 0.3) is 0 Å². The van der Waals surface area contributed by atoms with E-state index in [9.17, 15) is 14.7 Å². The highest BCUT2D eigenvalue weighted by Gasteiger charge is 2.71. The number of hydrogen-bond acceptors (Lipinski definition) is 7. The van der Waals surface area contributed by atoms with Crippen LogP contribution in [-0.2, 0) is 23.9 Å². The van der Waals surface area contributed by atoms with Crippen LogP contribution in [0.5, 0.6) is 0 Å². The lowest BCUT2D eigenvalue weighted by molar-refractivity contribution is -0.250. The summed E-state index contributed by atoms with van der Waals surface area (Å²) >= 11 is 0. The maximum atomic E-state index is 15.0. The van der Waals surface area contributed by atoms with E-state index in [0.29, 0.717) is 35.5 Å². The second kappa shape index (κ2) is 15.1. The Hall–Kier alpha value is -1.71. The number of carbonyl (C=O) groups excluding carboxylic acids is 2. The van der Waals surface area contributed by atoms with Crippen molar-refractivity contribution >= 4 is 17.8 Å². The maximum Gasteiger partial charge on any atom is 0.309 e. The summed E-state index contributed by atoms with van der Waals surface area (Å²) in [5, 5.41) is 9.67. The van der Waals surface area contributed by atoms with Crippen molar-refractivity contribution in [3.05, 3.63) is 0 Å². The van der Waals surface area contributed by atoms with Gasteiger partial charge in [0.15, 0.2) is 0 Å². The van der Waals surface area contributed by atoms with Crippen LogP contribution in [0.15, 0.2) is 0 Å². The molecule has 1 N–H and O–H groups in total. The maximum absolute atomic E-state index is 15.0. The van der Waals surface area contributed by atoms with Crippen LogP contribution in [-0.4, -0.2) is 109 Å². The summed E-state index contributed by atoms with van der Waals surface area (Å²) in [6.07, 6.45) is 14.1. The van der Waals surface area contributed by atoms with E-state index in [1.165, 1.54) is 51.4 Å². The Morgan fingerprint density at radius 3 is 2.07 bits per heavy atom. The molecule has 0 aromatic carbocycles. The van der Waals surface area contributed by atoms with Gasteiger partial charge in [-0.2, -0.15) is 0 Å². The molecule has 0 aromatic heterocycles. The fourth-order valence-corrected chi connectivity index (χ4v) is 15.7. The lowest BCUT2D eigenvalue weighted by atomic mass is 9.32. The monoisotopic (exact) mass is 780 g/mol. The third-order valence-corrected chi connectivity index (χ3v) is 19.0. The van der Waals surface area contributed by atoms with Gasteiger partial charge in [-0.3, -0.25) is 24.2 Å². The van der Waals surface area contributed by atoms with Gasteiger partial charge in [-0.15, -0.1) is 0 Å². The van der Waals surface area contributed by atoms with Crippen molar-refractivity contribution in [1.82, 2.24) is 14.7 Å². The average molecular weight is 780 g/mol. The second-order valence-corrected chi connectivity index (χ2v) is 22.5. The molecule has 0 aromatic rings. The summed E-state index contributed by atoms with van der Waals surface area (Å²) in [6, 6.07) is 0. The van der Waals surface area contributed by atoms with Crippen LogP contribution in [0.2, 0.25) is 0 Å². The van der Waals surface area contributed by atoms with Crippen molar-refractivity contribution in [2.75, 3.05) is 65.6 Å². The number of carbonyl (C=O) groups is 3. The molecule has 0 bridgehead atoms. The Bertz CT molecular complexity index is 1480. The summed E-state index contributed by atoms with van der Waals surface area (Å²) in [5.41, 5.74) is -0.920. The van der Waals surface area contributed by atoms with Crippen molar-refractivity contribution < 1.29 is 29.0 Å². The normalized spacial score (nSPS) is 42.9. The van der Waals surface area contributed by atoms with Crippen molar-refractivity contribution in [2.45, 2.75) is 138 Å². The lowest BCUT2D eigenvalue weighted by Crippen LogP contribution is -2.67. The first-order chi connectivity index (χ1) is 26.5. The second-order valence-electron chi connectivity index (χ2n) is 22.5. The summed E-state index contributed by atoms with van der Waals surface area (Å²) in [4.78, 5) is 47.5. The molecule has 2 saturated heterocycles. The fourth-order valence-electron chi connectivity index (χ4n) is 15.7. The quantitative estimate of drug-likeness (QED) is 0.227. The van der Waals surface area contributed by atoms with Gasteiger partial charge in [-0.05, 0) is 162 Å². The van der Waals surface area contributed by atoms with Gasteiger partial charge in [0.25, 0.3) is 0 Å². The van der Waals surface area contributed by atoms with Gasteiger partial charge in [-0.25, -0.2) is 0 Å². The minimum absolute atomic E-state index is 0.105. The molecule has 6 saturated carbocycles. The molecule has 316 valence electrons. The van der Waals surface area contributed by atoms with Crippen LogP contribution >= 0.6 is 0 Å². The van der Waals surface area contributed by atoms with E-state index in [4.69, 9.17) is 9.47 Å². The Labute approximate surface area is 338 Å². The van der Waals surface area contributed by atoms with E-state index in [1.807, 2.05) is 0 Å². The van der Waals surface area contributed by atoms with Crippen molar-refractivity contribution in [2.24, 2.45) is 74.4 Å². The molecule has 2 heterocycles. The third kappa shape index (κ3) is 6.99. The number of aliphatic carboxylic acids is 1. The number of piperazine rings is 1. The van der Waals surface area contributed by atoms with Crippen molar-refractivity contribution in [1.29, 1.82) is 0 Å². The number of esters is 1. The van der Waals surface area contributed by atoms with Gasteiger partial charge in [0.1, 0.15) is 6.10 Å². The SMILES string of the molecule is CC(C)(CC(=O)O[C@H]1CC[C@]2(C)[C@H]3CC[C@@H]4[C@@H]5C(CC[C@H]5C5CC5)[C@@H](C(=O)N5CCN(CCCN6CCOCC6)CC5)C[C@@]4(C)[C@]3(C)CC[C@H]2C1(C)C)C(=O)O. The molecule has 8 aliphatic rings. The molecule has 9 heteroatoms. The molecule has 6 aliphatic carbocycles. The van der Waals surface area contributed by atoms with Crippen molar-refractivity contribution in [3.8, 4) is 0 Å². The standard InChI is InChI=1S/C47H77N3O6/c1-43(2,42(53)54)30-39(51)56-38-16-17-45(5)36(44(38,3)4)15-18-46(6)37(45)14-13-35-40-32(31-9-10-31)11-12-33(40)34(29-47(35,46)7)41(52)50-23-21-48(22-24-50)19-8-20-49-25-27-55-28-26-49/h31-38,40H,8-30H2,1-7H3,(H,53,54)/t32-,33?,34-,35+,36-,37+,38-,40-,45-,46+,47+/m0/s1. The summed E-state index contributed by atoms with van der Waals surface area (Å²) in [6.45, 7) is 25.7. The van der Waals surface area contributed by atoms with Crippen LogP contribution in [0.4, 0.5) is 0 Å². The predicted molar refractivity (Wildman–Crippen MR) is 218 cm³/mol. The Kier molecular flexibility index (Phi) is 11.1. The highest BCUT2D eigenvalue weighted by atomic mass is 16.5. The minimum Gasteiger partial charge on any atom is -0.481 e. The molecular weight excluding hydrogens is 703 g/mol. The minimum atomic E-state index is -1.14. The zero-order chi connectivity index (χ0) is 39.8. The Morgan fingerprint density at radius 2 is 1.41 bits per heavy atom. The lowest BCUT2D eigenvalue weighted by Gasteiger charge is -2.72. The van der Waals surface area contributed by atoms with Gasteiger partial charge < -0.3 is 19.5 Å². The smallest absolute Gasteiger partial charge is 0.309 e. The van der Waals surface area contributed by atoms with Gasteiger partial charge in [-0.1, -0.05) is 34.6 Å². The largest absolute Gasteiger partial charge is 0.481 e. The number of hydrogen-bond donors (Lipinski definition) is 1. The summed E-state index contributed by atoms with van der Waals surface area (Å²) in [7, 11) is 0. The first-order valence-electron chi connectivity index (χ1n) is 23.2. The molecule has 0 radical (unpaired) electrons. The van der Waals surface area contributed by atoms with Gasteiger partial charge >= 0.3 is 11.9 Å². The van der Waals surface area contributed by atoms with Crippen LogP contribution in [0, 0.1) is 74.4 Å². The number of rotatable bonds is 10. The average Bonchev–Trinajstić information content (AvgIpc) is 3.90. The van der Waals surface area contributed by atoms with E-state index in [2.05, 4.69) is 49.3 Å². The highest BCUT2D eigenvalue weighted by Crippen LogP contribution is 2.77. The summed E-state index contributed by atoms with van der Waals surface area (Å²) in [5.74, 6) is 3.96. The number of amides is 1. The van der Waals surface area contributed by atoms with E-state index in [-0.39, 0.29) is 46.1 Å². The molecule has 11 atom stereocenters. The molecule has 0 spiro atoms. The Morgan fingerprint density at radius 1 is 0.750 bits per heavy atom. The van der Waals surface area contributed by atoms with Crippen LogP contribution in [0.1, 0.15) is 132 Å². The van der Waals surface area contributed by atoms with Gasteiger partial charge in [0, 0.05) is 50.6 Å². The number of morpholine rings is 1. The molecule has 1 amide bonds. The van der Waals surface area contributed by atoms with E-state index in [1.54, 1.807) is 13.8 Å². The number of ether oxygens (including phenoxy) is 2. The van der Waals surface area contributed by atoms with E-state index < -0.39 is 11.4 Å². The molecular formula is C47H77N3O6. The summed E-state index contributed by atoms with van der Waals surface area (Å²) < 4.78 is 11.8. The molecule has 56 heavy (non-hydrogen) atoms. The van der Waals surface area contributed by atoms with Crippen molar-refractivity contribution in [3.63, 3.8) is 0 Å². The Balaban J connectivity index is 0.986.